The minimum atomic E-state index is 0.115. The summed E-state index contributed by atoms with van der Waals surface area (Å²) in [5.74, 6) is 0.809. The Bertz CT molecular complexity index is 387. The van der Waals surface area contributed by atoms with Gasteiger partial charge in [0.05, 0.1) is 0 Å². The van der Waals surface area contributed by atoms with Gasteiger partial charge in [-0.1, -0.05) is 37.3 Å². The molecule has 2 unspecified atom stereocenters. The van der Waals surface area contributed by atoms with Crippen LogP contribution in [0, 0.1) is 11.8 Å². The van der Waals surface area contributed by atoms with E-state index >= 15 is 0 Å². The highest BCUT2D eigenvalue weighted by molar-refractivity contribution is 5.79. The maximum atomic E-state index is 12.0. The molecular weight excluding hydrogens is 224 g/mol. The van der Waals surface area contributed by atoms with Gasteiger partial charge in [0, 0.05) is 12.0 Å². The van der Waals surface area contributed by atoms with Gasteiger partial charge in [-0.2, -0.15) is 0 Å². The van der Waals surface area contributed by atoms with Gasteiger partial charge in [-0.25, -0.2) is 0 Å². The Morgan fingerprint density at radius 3 is 2.56 bits per heavy atom. The summed E-state index contributed by atoms with van der Waals surface area (Å²) < 4.78 is 0. The molecule has 1 heterocycles. The Labute approximate surface area is 109 Å². The van der Waals surface area contributed by atoms with Crippen LogP contribution in [0.5, 0.6) is 0 Å². The summed E-state index contributed by atoms with van der Waals surface area (Å²) in [6, 6.07) is 10.5. The fourth-order valence-electron chi connectivity index (χ4n) is 2.27. The molecule has 2 atom stereocenters. The Morgan fingerprint density at radius 2 is 2.00 bits per heavy atom. The van der Waals surface area contributed by atoms with Crippen LogP contribution in [0.2, 0.25) is 0 Å². The van der Waals surface area contributed by atoms with E-state index in [9.17, 15) is 4.79 Å². The number of carbonyl (C=O) groups is 1. The summed E-state index contributed by atoms with van der Waals surface area (Å²) >= 11 is 0. The van der Waals surface area contributed by atoms with Gasteiger partial charge >= 0.3 is 0 Å². The first-order chi connectivity index (χ1) is 8.66. The first-order valence-electron chi connectivity index (χ1n) is 6.72. The second-order valence-electron chi connectivity index (χ2n) is 5.31. The SMILES string of the molecule is CC(Cc1ccccc1)NC(=O)C(C)C1CNC1. The number of nitrogens with one attached hydrogen (secondary N) is 2. The molecule has 0 aliphatic carbocycles. The number of carbonyl (C=O) groups excluding carboxylic acids is 1. The summed E-state index contributed by atoms with van der Waals surface area (Å²) in [4.78, 5) is 12.0. The second-order valence-corrected chi connectivity index (χ2v) is 5.31. The summed E-state index contributed by atoms with van der Waals surface area (Å²) in [5.41, 5.74) is 1.27. The molecule has 1 aromatic rings. The van der Waals surface area contributed by atoms with Gasteiger partial charge in [0.1, 0.15) is 0 Å². The highest BCUT2D eigenvalue weighted by Crippen LogP contribution is 2.16. The molecule has 1 aromatic carbocycles. The molecule has 3 nitrogen and oxygen atoms in total. The molecule has 1 amide bonds. The number of amides is 1. The lowest BCUT2D eigenvalue weighted by Crippen LogP contribution is -2.50. The average Bonchev–Trinajstić information content (AvgIpc) is 2.27. The van der Waals surface area contributed by atoms with Gasteiger partial charge in [-0.3, -0.25) is 4.79 Å². The van der Waals surface area contributed by atoms with Crippen LogP contribution in [-0.2, 0) is 11.2 Å². The van der Waals surface area contributed by atoms with Crippen molar-refractivity contribution in [2.45, 2.75) is 26.3 Å². The minimum Gasteiger partial charge on any atom is -0.353 e. The standard InChI is InChI=1S/C15H22N2O/c1-11(8-13-6-4-3-5-7-13)17-15(18)12(2)14-9-16-10-14/h3-7,11-12,14,16H,8-10H2,1-2H3,(H,17,18). The van der Waals surface area contributed by atoms with Crippen molar-refractivity contribution in [2.24, 2.45) is 11.8 Å². The fourth-order valence-corrected chi connectivity index (χ4v) is 2.27. The maximum Gasteiger partial charge on any atom is 0.223 e. The first kappa shape index (κ1) is 13.1. The van der Waals surface area contributed by atoms with Crippen LogP contribution in [0.3, 0.4) is 0 Å². The van der Waals surface area contributed by atoms with Crippen LogP contribution in [0.25, 0.3) is 0 Å². The molecule has 1 saturated heterocycles. The van der Waals surface area contributed by atoms with E-state index in [1.54, 1.807) is 0 Å². The van der Waals surface area contributed by atoms with Crippen molar-refractivity contribution < 1.29 is 4.79 Å². The van der Waals surface area contributed by atoms with Crippen molar-refractivity contribution in [3.8, 4) is 0 Å². The van der Waals surface area contributed by atoms with Crippen LogP contribution < -0.4 is 10.6 Å². The minimum absolute atomic E-state index is 0.115. The van der Waals surface area contributed by atoms with Crippen molar-refractivity contribution in [1.82, 2.24) is 10.6 Å². The topological polar surface area (TPSA) is 41.1 Å². The van der Waals surface area contributed by atoms with Crippen LogP contribution in [0.15, 0.2) is 30.3 Å². The summed E-state index contributed by atoms with van der Waals surface area (Å²) in [5, 5.41) is 6.32. The maximum absolute atomic E-state index is 12.0. The van der Waals surface area contributed by atoms with Gasteiger partial charge in [-0.05, 0) is 37.9 Å². The molecular formula is C15H22N2O. The number of hydrogen-bond donors (Lipinski definition) is 2. The van der Waals surface area contributed by atoms with Crippen LogP contribution >= 0.6 is 0 Å². The van der Waals surface area contributed by atoms with Crippen LogP contribution in [0.4, 0.5) is 0 Å². The zero-order valence-electron chi connectivity index (χ0n) is 11.1. The Morgan fingerprint density at radius 1 is 1.33 bits per heavy atom. The van der Waals surface area contributed by atoms with Crippen LogP contribution in [-0.4, -0.2) is 25.0 Å². The molecule has 0 bridgehead atoms. The monoisotopic (exact) mass is 246 g/mol. The molecule has 2 rings (SSSR count). The number of hydrogen-bond acceptors (Lipinski definition) is 2. The zero-order valence-corrected chi connectivity index (χ0v) is 11.1. The van der Waals surface area contributed by atoms with Gasteiger partial charge < -0.3 is 10.6 Å². The molecule has 1 aliphatic rings. The number of rotatable bonds is 5. The van der Waals surface area contributed by atoms with Crippen molar-refractivity contribution in [3.63, 3.8) is 0 Å². The highest BCUT2D eigenvalue weighted by atomic mass is 16.1. The second kappa shape index (κ2) is 6.01. The van der Waals surface area contributed by atoms with Gasteiger partial charge in [0.25, 0.3) is 0 Å². The third-order valence-corrected chi connectivity index (χ3v) is 3.71. The third kappa shape index (κ3) is 3.33. The van der Waals surface area contributed by atoms with E-state index in [0.717, 1.165) is 19.5 Å². The lowest BCUT2D eigenvalue weighted by Gasteiger charge is -2.32. The van der Waals surface area contributed by atoms with E-state index in [0.29, 0.717) is 5.92 Å². The Balaban J connectivity index is 1.79. The van der Waals surface area contributed by atoms with Crippen molar-refractivity contribution in [3.05, 3.63) is 35.9 Å². The van der Waals surface area contributed by atoms with E-state index in [4.69, 9.17) is 0 Å². The largest absolute Gasteiger partial charge is 0.353 e. The first-order valence-corrected chi connectivity index (χ1v) is 6.72. The molecule has 0 aromatic heterocycles. The van der Waals surface area contributed by atoms with E-state index in [-0.39, 0.29) is 17.9 Å². The van der Waals surface area contributed by atoms with E-state index in [1.165, 1.54) is 5.56 Å². The molecule has 2 N–H and O–H groups in total. The lowest BCUT2D eigenvalue weighted by molar-refractivity contribution is -0.127. The van der Waals surface area contributed by atoms with E-state index < -0.39 is 0 Å². The summed E-state index contributed by atoms with van der Waals surface area (Å²) in [6.45, 7) is 6.04. The molecule has 0 spiro atoms. The van der Waals surface area contributed by atoms with Gasteiger partial charge in [-0.15, -0.1) is 0 Å². The fraction of sp³-hybridized carbons (Fsp3) is 0.533. The number of benzene rings is 1. The Kier molecular flexibility index (Phi) is 4.37. The predicted molar refractivity (Wildman–Crippen MR) is 73.3 cm³/mol. The third-order valence-electron chi connectivity index (χ3n) is 3.71. The van der Waals surface area contributed by atoms with Crippen molar-refractivity contribution in [1.29, 1.82) is 0 Å². The predicted octanol–water partition coefficient (Wildman–Crippen LogP) is 1.59. The summed E-state index contributed by atoms with van der Waals surface area (Å²) in [7, 11) is 0. The highest BCUT2D eigenvalue weighted by Gasteiger charge is 2.29. The molecule has 1 fully saturated rings. The van der Waals surface area contributed by atoms with E-state index in [1.807, 2.05) is 25.1 Å². The molecule has 3 heteroatoms. The molecule has 18 heavy (non-hydrogen) atoms. The Hall–Kier alpha value is -1.35. The van der Waals surface area contributed by atoms with Crippen LogP contribution in [0.1, 0.15) is 19.4 Å². The zero-order chi connectivity index (χ0) is 13.0. The average molecular weight is 246 g/mol. The van der Waals surface area contributed by atoms with Gasteiger partial charge in [0.2, 0.25) is 5.91 Å². The van der Waals surface area contributed by atoms with Gasteiger partial charge in [0.15, 0.2) is 0 Å². The van der Waals surface area contributed by atoms with Crippen molar-refractivity contribution in [2.75, 3.05) is 13.1 Å². The van der Waals surface area contributed by atoms with E-state index in [2.05, 4.69) is 29.7 Å². The normalized spacial score (nSPS) is 18.8. The molecule has 1 aliphatic heterocycles. The summed E-state index contributed by atoms with van der Waals surface area (Å²) in [6.07, 6.45) is 0.891. The van der Waals surface area contributed by atoms with Crippen molar-refractivity contribution >= 4 is 5.91 Å². The lowest BCUT2D eigenvalue weighted by atomic mass is 9.88. The smallest absolute Gasteiger partial charge is 0.223 e. The molecule has 0 saturated carbocycles. The molecule has 0 radical (unpaired) electrons. The molecule has 98 valence electrons. The quantitative estimate of drug-likeness (QED) is 0.828.